The van der Waals surface area contributed by atoms with Crippen LogP contribution in [0.1, 0.15) is 0 Å². The summed E-state index contributed by atoms with van der Waals surface area (Å²) in [5.41, 5.74) is 0. The van der Waals surface area contributed by atoms with Gasteiger partial charge in [-0.15, -0.1) is 0 Å². The molecule has 0 radical (unpaired) electrons. The number of nitrogens with zero attached hydrogens (tertiary/aromatic N) is 1. The summed E-state index contributed by atoms with van der Waals surface area (Å²) in [7, 11) is -1.50. The molecule has 0 aromatic heterocycles. The second-order valence-electron chi connectivity index (χ2n) is 2.45. The zero-order chi connectivity index (χ0) is 8.77. The van der Waals surface area contributed by atoms with E-state index < -0.39 is 10.0 Å². The third-order valence-electron chi connectivity index (χ3n) is 1.69. The summed E-state index contributed by atoms with van der Waals surface area (Å²) >= 11 is -0.0601. The van der Waals surface area contributed by atoms with Gasteiger partial charge in [0.1, 0.15) is 0 Å². The molecular weight excluding hydrogens is 241 g/mol. The van der Waals surface area contributed by atoms with Gasteiger partial charge in [0.2, 0.25) is 0 Å². The summed E-state index contributed by atoms with van der Waals surface area (Å²) in [6.07, 6.45) is 0. The van der Waals surface area contributed by atoms with Crippen molar-refractivity contribution in [3.8, 4) is 0 Å². The summed E-state index contributed by atoms with van der Waals surface area (Å²) in [4.78, 5) is 0.479. The average molecular weight is 248 g/mol. The van der Waals surface area contributed by atoms with Gasteiger partial charge >= 0.3 is 77.6 Å². The van der Waals surface area contributed by atoms with Crippen molar-refractivity contribution in [2.45, 2.75) is 4.90 Å². The standard InChI is InChI=1S/C7H7NO2SSe/c1-8-11(9,10)6-4-2-3-5-7(6)12-8/h2-5H,1H3. The molecule has 1 aliphatic heterocycles. The van der Waals surface area contributed by atoms with Crippen molar-refractivity contribution in [1.29, 1.82) is 0 Å². The van der Waals surface area contributed by atoms with Crippen LogP contribution < -0.4 is 4.46 Å². The van der Waals surface area contributed by atoms with Crippen LogP contribution in [-0.2, 0) is 10.0 Å². The SMILES string of the molecule is CN1[Se]c2ccccc2S1(=O)=O. The van der Waals surface area contributed by atoms with Gasteiger partial charge in [-0.1, -0.05) is 0 Å². The molecule has 0 atom stereocenters. The Balaban J connectivity index is 2.72. The van der Waals surface area contributed by atoms with E-state index in [4.69, 9.17) is 0 Å². The van der Waals surface area contributed by atoms with Crippen molar-refractivity contribution in [3.05, 3.63) is 24.3 Å². The zero-order valence-electron chi connectivity index (χ0n) is 6.39. The molecule has 0 spiro atoms. The predicted octanol–water partition coefficient (Wildman–Crippen LogP) is -0.435. The van der Waals surface area contributed by atoms with Gasteiger partial charge in [-0.3, -0.25) is 0 Å². The molecule has 0 bridgehead atoms. The monoisotopic (exact) mass is 249 g/mol. The molecule has 0 saturated carbocycles. The number of fused-ring (bicyclic) bond motifs is 1. The molecule has 0 N–H and O–H groups in total. The fraction of sp³-hybridized carbons (Fsp3) is 0.143. The average Bonchev–Trinajstić information content (AvgIpc) is 2.25. The van der Waals surface area contributed by atoms with Crippen LogP contribution in [0.4, 0.5) is 0 Å². The van der Waals surface area contributed by atoms with Gasteiger partial charge in [0.05, 0.1) is 0 Å². The third-order valence-corrected chi connectivity index (χ3v) is 6.89. The molecule has 64 valence electrons. The normalized spacial score (nSPS) is 20.8. The Kier molecular flexibility index (Phi) is 1.77. The third kappa shape index (κ3) is 1.02. The first-order valence-electron chi connectivity index (χ1n) is 3.38. The van der Waals surface area contributed by atoms with Gasteiger partial charge in [0.15, 0.2) is 0 Å². The number of benzene rings is 1. The summed E-state index contributed by atoms with van der Waals surface area (Å²) in [5.74, 6) is 0. The molecule has 0 fully saturated rings. The van der Waals surface area contributed by atoms with Crippen molar-refractivity contribution in [3.63, 3.8) is 0 Å². The fourth-order valence-electron chi connectivity index (χ4n) is 1.06. The molecule has 1 aromatic rings. The summed E-state index contributed by atoms with van der Waals surface area (Å²) in [5, 5.41) is 0. The second kappa shape index (κ2) is 2.57. The van der Waals surface area contributed by atoms with Crippen LogP contribution in [-0.4, -0.2) is 34.0 Å². The Labute approximate surface area is 77.8 Å². The fourth-order valence-corrected chi connectivity index (χ4v) is 5.61. The first-order valence-corrected chi connectivity index (χ1v) is 6.44. The molecular formula is C7H7NO2SSe. The van der Waals surface area contributed by atoms with Crippen LogP contribution in [0.15, 0.2) is 29.2 Å². The summed E-state index contributed by atoms with van der Waals surface area (Å²) in [6.45, 7) is 0. The number of hydrogen-bond acceptors (Lipinski definition) is 2. The molecule has 1 aromatic carbocycles. The minimum atomic E-state index is -3.12. The predicted molar refractivity (Wildman–Crippen MR) is 46.8 cm³/mol. The Bertz CT molecular complexity index is 415. The molecule has 3 nitrogen and oxygen atoms in total. The van der Waals surface area contributed by atoms with Crippen molar-refractivity contribution in [1.82, 2.24) is 3.32 Å². The van der Waals surface area contributed by atoms with Gasteiger partial charge in [-0.2, -0.15) is 0 Å². The first-order chi connectivity index (χ1) is 5.62. The van der Waals surface area contributed by atoms with Gasteiger partial charge in [0.25, 0.3) is 0 Å². The molecule has 0 amide bonds. The van der Waals surface area contributed by atoms with Gasteiger partial charge < -0.3 is 0 Å². The van der Waals surface area contributed by atoms with E-state index in [-0.39, 0.29) is 15.2 Å². The maximum absolute atomic E-state index is 11.5. The van der Waals surface area contributed by atoms with E-state index >= 15 is 0 Å². The molecule has 0 unspecified atom stereocenters. The molecule has 12 heavy (non-hydrogen) atoms. The van der Waals surface area contributed by atoms with E-state index in [9.17, 15) is 8.42 Å². The van der Waals surface area contributed by atoms with Crippen LogP contribution in [0.5, 0.6) is 0 Å². The summed E-state index contributed by atoms with van der Waals surface area (Å²) < 4.78 is 25.4. The quantitative estimate of drug-likeness (QED) is 0.584. The van der Waals surface area contributed by atoms with E-state index in [0.717, 1.165) is 4.46 Å². The Morgan fingerprint density at radius 2 is 2.00 bits per heavy atom. The van der Waals surface area contributed by atoms with Crippen molar-refractivity contribution >= 4 is 29.7 Å². The molecule has 0 aliphatic carbocycles. The van der Waals surface area contributed by atoms with Crippen LogP contribution >= 0.6 is 0 Å². The van der Waals surface area contributed by atoms with E-state index in [1.807, 2.05) is 12.1 Å². The number of hydrogen-bond donors (Lipinski definition) is 0. The maximum atomic E-state index is 11.5. The van der Waals surface area contributed by atoms with Crippen LogP contribution in [0.25, 0.3) is 0 Å². The van der Waals surface area contributed by atoms with E-state index in [2.05, 4.69) is 0 Å². The van der Waals surface area contributed by atoms with Gasteiger partial charge in [-0.05, 0) is 0 Å². The Hall–Kier alpha value is -0.351. The number of sulfonamides is 1. The molecule has 0 saturated heterocycles. The number of rotatable bonds is 0. The van der Waals surface area contributed by atoms with Crippen LogP contribution in [0.2, 0.25) is 0 Å². The van der Waals surface area contributed by atoms with Crippen LogP contribution in [0.3, 0.4) is 0 Å². The zero-order valence-corrected chi connectivity index (χ0v) is 8.92. The van der Waals surface area contributed by atoms with Crippen molar-refractivity contribution in [2.75, 3.05) is 7.05 Å². The molecule has 1 heterocycles. The topological polar surface area (TPSA) is 37.4 Å². The Morgan fingerprint density at radius 3 is 2.67 bits per heavy atom. The molecule has 2 rings (SSSR count). The van der Waals surface area contributed by atoms with Crippen LogP contribution in [0, 0.1) is 0 Å². The van der Waals surface area contributed by atoms with E-state index in [1.54, 1.807) is 19.2 Å². The first kappa shape index (κ1) is 8.26. The molecule has 1 aliphatic rings. The summed E-state index contributed by atoms with van der Waals surface area (Å²) in [6, 6.07) is 7.16. The van der Waals surface area contributed by atoms with Gasteiger partial charge in [-0.25, -0.2) is 0 Å². The minimum absolute atomic E-state index is 0.0601. The van der Waals surface area contributed by atoms with Crippen molar-refractivity contribution in [2.24, 2.45) is 0 Å². The Morgan fingerprint density at radius 1 is 1.33 bits per heavy atom. The second-order valence-corrected chi connectivity index (χ2v) is 7.37. The van der Waals surface area contributed by atoms with E-state index in [0.29, 0.717) is 4.90 Å². The molecule has 5 heteroatoms. The van der Waals surface area contributed by atoms with E-state index in [1.165, 1.54) is 3.32 Å². The van der Waals surface area contributed by atoms with Crippen molar-refractivity contribution < 1.29 is 8.42 Å². The van der Waals surface area contributed by atoms with Gasteiger partial charge in [0, 0.05) is 0 Å².